The van der Waals surface area contributed by atoms with Crippen LogP contribution in [0.15, 0.2) is 30.5 Å². The highest BCUT2D eigenvalue weighted by molar-refractivity contribution is 5.87. The summed E-state index contributed by atoms with van der Waals surface area (Å²) in [6, 6.07) is 8.71. The van der Waals surface area contributed by atoms with E-state index in [4.69, 9.17) is 9.47 Å². The summed E-state index contributed by atoms with van der Waals surface area (Å²) in [5, 5.41) is 0. The Bertz CT molecular complexity index is 753. The third-order valence-corrected chi connectivity index (χ3v) is 4.88. The summed E-state index contributed by atoms with van der Waals surface area (Å²) < 4.78 is 10.9. The summed E-state index contributed by atoms with van der Waals surface area (Å²) in [6.45, 7) is 8.73. The van der Waals surface area contributed by atoms with Crippen LogP contribution in [-0.4, -0.2) is 42.2 Å². The van der Waals surface area contributed by atoms with Crippen LogP contribution in [0.5, 0.6) is 0 Å². The van der Waals surface area contributed by atoms with E-state index in [0.29, 0.717) is 18.3 Å². The molecule has 0 amide bonds. The molecular weight excluding hydrogens is 316 g/mol. The van der Waals surface area contributed by atoms with Gasteiger partial charge in [0.25, 0.3) is 0 Å². The number of esters is 1. The second-order valence-corrected chi connectivity index (χ2v) is 6.87. The van der Waals surface area contributed by atoms with Crippen molar-refractivity contribution in [2.75, 3.05) is 20.3 Å². The number of aryl methyl sites for hydroxylation is 2. The molecule has 1 aliphatic heterocycles. The molecule has 0 radical (unpaired) electrons. The number of carbonyl (C=O) groups excluding carboxylic acids is 1. The van der Waals surface area contributed by atoms with Crippen molar-refractivity contribution in [3.05, 3.63) is 58.4 Å². The predicted octanol–water partition coefficient (Wildman–Crippen LogP) is 3.38. The maximum atomic E-state index is 11.6. The first-order valence-corrected chi connectivity index (χ1v) is 8.66. The second-order valence-electron chi connectivity index (χ2n) is 6.87. The second kappa shape index (κ2) is 7.42. The zero-order valence-electron chi connectivity index (χ0n) is 15.3. The Hall–Kier alpha value is -2.11. The van der Waals surface area contributed by atoms with Crippen molar-refractivity contribution >= 4 is 5.97 Å². The number of H-pyrrole nitrogens is 1. The van der Waals surface area contributed by atoms with Gasteiger partial charge >= 0.3 is 5.97 Å². The van der Waals surface area contributed by atoms with Gasteiger partial charge in [-0.05, 0) is 43.5 Å². The highest BCUT2D eigenvalue weighted by Gasteiger charge is 2.28. The van der Waals surface area contributed by atoms with Gasteiger partial charge in [-0.2, -0.15) is 0 Å². The molecule has 5 heteroatoms. The SMILES string of the molecule is COC(=O)c1cc(CN2C[C@H](c3cc(C)ccc3C)OC[C@H]2C)c[nH]1. The van der Waals surface area contributed by atoms with Gasteiger partial charge in [0, 0.05) is 25.3 Å². The number of hydrogen-bond donors (Lipinski definition) is 1. The minimum atomic E-state index is -0.338. The van der Waals surface area contributed by atoms with Crippen molar-refractivity contribution in [3.8, 4) is 0 Å². The normalized spacial score (nSPS) is 21.3. The van der Waals surface area contributed by atoms with E-state index in [0.717, 1.165) is 18.7 Å². The Kier molecular flexibility index (Phi) is 5.25. The number of carbonyl (C=O) groups is 1. The van der Waals surface area contributed by atoms with Crippen LogP contribution < -0.4 is 0 Å². The van der Waals surface area contributed by atoms with Crippen LogP contribution in [0, 0.1) is 13.8 Å². The fourth-order valence-electron chi connectivity index (χ4n) is 3.31. The summed E-state index contributed by atoms with van der Waals surface area (Å²) in [7, 11) is 1.39. The minimum Gasteiger partial charge on any atom is -0.464 e. The molecule has 1 saturated heterocycles. The monoisotopic (exact) mass is 342 g/mol. The Morgan fingerprint density at radius 2 is 2.16 bits per heavy atom. The Labute approximate surface area is 148 Å². The lowest BCUT2D eigenvalue weighted by molar-refractivity contribution is -0.0635. The predicted molar refractivity (Wildman–Crippen MR) is 96.6 cm³/mol. The molecule has 1 aromatic heterocycles. The number of benzene rings is 1. The molecule has 1 N–H and O–H groups in total. The number of rotatable bonds is 4. The lowest BCUT2D eigenvalue weighted by Crippen LogP contribution is -2.44. The molecule has 1 aliphatic rings. The zero-order chi connectivity index (χ0) is 18.0. The Balaban J connectivity index is 1.73. The van der Waals surface area contributed by atoms with Crippen LogP contribution in [0.3, 0.4) is 0 Å². The van der Waals surface area contributed by atoms with Crippen LogP contribution in [0.25, 0.3) is 0 Å². The number of nitrogens with zero attached hydrogens (tertiary/aromatic N) is 1. The van der Waals surface area contributed by atoms with Gasteiger partial charge in [0.15, 0.2) is 0 Å². The van der Waals surface area contributed by atoms with Crippen molar-refractivity contribution < 1.29 is 14.3 Å². The quantitative estimate of drug-likeness (QED) is 0.866. The van der Waals surface area contributed by atoms with E-state index in [2.05, 4.69) is 48.9 Å². The Morgan fingerprint density at radius 1 is 1.36 bits per heavy atom. The summed E-state index contributed by atoms with van der Waals surface area (Å²) in [5.74, 6) is -0.338. The fraction of sp³-hybridized carbons (Fsp3) is 0.450. The van der Waals surface area contributed by atoms with Crippen LogP contribution in [-0.2, 0) is 16.0 Å². The molecule has 0 bridgehead atoms. The van der Waals surface area contributed by atoms with Gasteiger partial charge in [0.1, 0.15) is 5.69 Å². The van der Waals surface area contributed by atoms with Crippen molar-refractivity contribution in [2.24, 2.45) is 0 Å². The summed E-state index contributed by atoms with van der Waals surface area (Å²) in [4.78, 5) is 17.0. The van der Waals surface area contributed by atoms with Crippen molar-refractivity contribution in [1.82, 2.24) is 9.88 Å². The van der Waals surface area contributed by atoms with E-state index in [1.54, 1.807) is 0 Å². The number of methoxy groups -OCH3 is 1. The molecule has 1 aromatic carbocycles. The molecule has 3 rings (SSSR count). The molecule has 134 valence electrons. The number of ether oxygens (including phenoxy) is 2. The van der Waals surface area contributed by atoms with Gasteiger partial charge in [0.05, 0.1) is 19.8 Å². The number of aromatic nitrogens is 1. The van der Waals surface area contributed by atoms with Gasteiger partial charge in [0.2, 0.25) is 0 Å². The van der Waals surface area contributed by atoms with Gasteiger partial charge in [-0.1, -0.05) is 23.8 Å². The molecule has 0 unspecified atom stereocenters. The van der Waals surface area contributed by atoms with E-state index in [1.165, 1.54) is 23.8 Å². The van der Waals surface area contributed by atoms with E-state index >= 15 is 0 Å². The van der Waals surface area contributed by atoms with Crippen LogP contribution >= 0.6 is 0 Å². The van der Waals surface area contributed by atoms with Crippen molar-refractivity contribution in [3.63, 3.8) is 0 Å². The van der Waals surface area contributed by atoms with Gasteiger partial charge < -0.3 is 14.5 Å². The summed E-state index contributed by atoms with van der Waals surface area (Å²) in [6.07, 6.45) is 1.96. The molecule has 1 fully saturated rings. The van der Waals surface area contributed by atoms with Gasteiger partial charge in [-0.3, -0.25) is 4.90 Å². The van der Waals surface area contributed by atoms with Crippen LogP contribution in [0.4, 0.5) is 0 Å². The first kappa shape index (κ1) is 17.7. The zero-order valence-corrected chi connectivity index (χ0v) is 15.3. The molecular formula is C20H26N2O3. The van der Waals surface area contributed by atoms with Crippen molar-refractivity contribution in [1.29, 1.82) is 0 Å². The minimum absolute atomic E-state index is 0.0788. The van der Waals surface area contributed by atoms with Crippen molar-refractivity contribution in [2.45, 2.75) is 39.5 Å². The maximum Gasteiger partial charge on any atom is 0.354 e. The van der Waals surface area contributed by atoms with E-state index in [-0.39, 0.29) is 12.1 Å². The highest BCUT2D eigenvalue weighted by atomic mass is 16.5. The third kappa shape index (κ3) is 3.94. The molecule has 0 aliphatic carbocycles. The standard InChI is InChI=1S/C20H26N2O3/c1-13-5-6-14(2)17(7-13)19-11-22(15(3)12-25-19)10-16-8-18(21-9-16)20(23)24-4/h5-9,15,19,21H,10-12H2,1-4H3/t15-,19-/m1/s1. The molecule has 0 saturated carbocycles. The number of aromatic amines is 1. The first-order valence-electron chi connectivity index (χ1n) is 8.66. The molecule has 25 heavy (non-hydrogen) atoms. The van der Waals surface area contributed by atoms with E-state index < -0.39 is 0 Å². The molecule has 2 atom stereocenters. The van der Waals surface area contributed by atoms with E-state index in [1.807, 2.05) is 12.3 Å². The molecule has 2 aromatic rings. The number of morpholine rings is 1. The number of nitrogens with one attached hydrogen (secondary N) is 1. The van der Waals surface area contributed by atoms with Crippen LogP contribution in [0.2, 0.25) is 0 Å². The van der Waals surface area contributed by atoms with Gasteiger partial charge in [-0.15, -0.1) is 0 Å². The average molecular weight is 342 g/mol. The smallest absolute Gasteiger partial charge is 0.354 e. The fourth-order valence-corrected chi connectivity index (χ4v) is 3.31. The highest BCUT2D eigenvalue weighted by Crippen LogP contribution is 2.29. The van der Waals surface area contributed by atoms with E-state index in [9.17, 15) is 4.79 Å². The average Bonchev–Trinajstić information content (AvgIpc) is 3.07. The topological polar surface area (TPSA) is 54.6 Å². The maximum absolute atomic E-state index is 11.6. The first-order chi connectivity index (χ1) is 12.0. The summed E-state index contributed by atoms with van der Waals surface area (Å²) in [5.41, 5.74) is 5.35. The molecule has 5 nitrogen and oxygen atoms in total. The van der Waals surface area contributed by atoms with Crippen LogP contribution in [0.1, 0.15) is 45.8 Å². The Morgan fingerprint density at radius 3 is 2.92 bits per heavy atom. The summed E-state index contributed by atoms with van der Waals surface area (Å²) >= 11 is 0. The number of hydrogen-bond acceptors (Lipinski definition) is 4. The largest absolute Gasteiger partial charge is 0.464 e. The molecule has 0 spiro atoms. The lowest BCUT2D eigenvalue weighted by Gasteiger charge is -2.38. The molecule has 2 heterocycles. The third-order valence-electron chi connectivity index (χ3n) is 4.88. The lowest BCUT2D eigenvalue weighted by atomic mass is 9.98. The van der Waals surface area contributed by atoms with Gasteiger partial charge in [-0.25, -0.2) is 4.79 Å².